The van der Waals surface area contributed by atoms with E-state index in [1.165, 1.54) is 18.1 Å². The Morgan fingerprint density at radius 1 is 1.25 bits per heavy atom. The van der Waals surface area contributed by atoms with Crippen LogP contribution < -0.4 is 4.72 Å². The largest absolute Gasteiger partial charge is 0.465 e. The predicted molar refractivity (Wildman–Crippen MR) is 95.3 cm³/mol. The third kappa shape index (κ3) is 3.28. The Hall–Kier alpha value is -1.22. The van der Waals surface area contributed by atoms with Gasteiger partial charge in [0.1, 0.15) is 9.77 Å². The van der Waals surface area contributed by atoms with Crippen molar-refractivity contribution in [1.82, 2.24) is 4.72 Å². The Balaban J connectivity index is 1.83. The minimum Gasteiger partial charge on any atom is -0.465 e. The Kier molecular flexibility index (Phi) is 5.10. The fourth-order valence-electron chi connectivity index (χ4n) is 3.20. The first-order valence-electron chi connectivity index (χ1n) is 7.68. The summed E-state index contributed by atoms with van der Waals surface area (Å²) in [6, 6.07) is 5.53. The van der Waals surface area contributed by atoms with Crippen molar-refractivity contribution < 1.29 is 17.9 Å². The van der Waals surface area contributed by atoms with Gasteiger partial charge in [0.15, 0.2) is 0 Å². The molecule has 0 atom stereocenters. The van der Waals surface area contributed by atoms with Gasteiger partial charge in [-0.1, -0.05) is 18.9 Å². The van der Waals surface area contributed by atoms with Crippen LogP contribution in [0.5, 0.6) is 0 Å². The SMILES string of the molecule is COC(=O)c1sccc1S(=O)(=O)NCC1(c2cccs2)CCCC1. The number of methoxy groups -OCH3 is 1. The van der Waals surface area contributed by atoms with Crippen LogP contribution in [0.2, 0.25) is 0 Å². The molecule has 3 rings (SSSR count). The van der Waals surface area contributed by atoms with E-state index in [0.29, 0.717) is 6.54 Å². The zero-order valence-electron chi connectivity index (χ0n) is 13.3. The van der Waals surface area contributed by atoms with E-state index >= 15 is 0 Å². The average molecular weight is 386 g/mol. The highest BCUT2D eigenvalue weighted by Crippen LogP contribution is 2.42. The minimum absolute atomic E-state index is 0.00123. The van der Waals surface area contributed by atoms with Crippen molar-refractivity contribution in [2.45, 2.75) is 36.0 Å². The number of rotatable bonds is 6. The van der Waals surface area contributed by atoms with Crippen LogP contribution in [0, 0.1) is 0 Å². The number of carbonyl (C=O) groups is 1. The number of ether oxygens (including phenoxy) is 1. The van der Waals surface area contributed by atoms with Gasteiger partial charge in [-0.3, -0.25) is 0 Å². The number of hydrogen-bond donors (Lipinski definition) is 1. The minimum atomic E-state index is -3.76. The Labute approximate surface area is 149 Å². The summed E-state index contributed by atoms with van der Waals surface area (Å²) < 4.78 is 32.8. The van der Waals surface area contributed by atoms with Crippen LogP contribution in [0.4, 0.5) is 0 Å². The maximum atomic E-state index is 12.7. The van der Waals surface area contributed by atoms with Gasteiger partial charge in [-0.15, -0.1) is 22.7 Å². The summed E-state index contributed by atoms with van der Waals surface area (Å²) in [6.45, 7) is 0.353. The number of carbonyl (C=O) groups excluding carboxylic acids is 1. The molecule has 1 fully saturated rings. The van der Waals surface area contributed by atoms with Gasteiger partial charge in [0, 0.05) is 16.8 Å². The molecular weight excluding hydrogens is 366 g/mol. The molecule has 5 nitrogen and oxygen atoms in total. The maximum Gasteiger partial charge on any atom is 0.349 e. The summed E-state index contributed by atoms with van der Waals surface area (Å²) in [5.41, 5.74) is -0.136. The number of thiophene rings is 2. The summed E-state index contributed by atoms with van der Waals surface area (Å²) in [4.78, 5) is 13.1. The van der Waals surface area contributed by atoms with E-state index in [4.69, 9.17) is 0 Å². The van der Waals surface area contributed by atoms with Crippen LogP contribution in [0.1, 0.15) is 40.2 Å². The van der Waals surface area contributed by atoms with Crippen molar-refractivity contribution >= 4 is 38.7 Å². The summed E-state index contributed by atoms with van der Waals surface area (Å²) in [7, 11) is -2.51. The third-order valence-electron chi connectivity index (χ3n) is 4.49. The fourth-order valence-corrected chi connectivity index (χ4v) is 6.65. The molecule has 1 N–H and O–H groups in total. The molecule has 1 saturated carbocycles. The normalized spacial score (nSPS) is 17.0. The lowest BCUT2D eigenvalue weighted by Crippen LogP contribution is -2.38. The van der Waals surface area contributed by atoms with Crippen LogP contribution in [-0.4, -0.2) is 28.0 Å². The Bertz CT molecular complexity index is 802. The zero-order chi connectivity index (χ0) is 17.2. The molecule has 8 heteroatoms. The molecule has 0 saturated heterocycles. The van der Waals surface area contributed by atoms with E-state index in [9.17, 15) is 13.2 Å². The number of hydrogen-bond acceptors (Lipinski definition) is 6. The second kappa shape index (κ2) is 6.95. The molecule has 2 aromatic rings. The highest BCUT2D eigenvalue weighted by Gasteiger charge is 2.38. The van der Waals surface area contributed by atoms with Crippen LogP contribution in [0.15, 0.2) is 33.9 Å². The van der Waals surface area contributed by atoms with Gasteiger partial charge >= 0.3 is 5.97 Å². The molecule has 24 heavy (non-hydrogen) atoms. The first-order valence-corrected chi connectivity index (χ1v) is 10.9. The second-order valence-corrected chi connectivity index (χ2v) is 9.49. The summed E-state index contributed by atoms with van der Waals surface area (Å²) in [6.07, 6.45) is 4.16. The van der Waals surface area contributed by atoms with Gasteiger partial charge in [0.2, 0.25) is 10.0 Å². The first-order chi connectivity index (χ1) is 11.5. The standard InChI is InChI=1S/C16H19NO4S3/c1-21-15(18)14-12(6-10-23-14)24(19,20)17-11-16(7-2-3-8-16)13-5-4-9-22-13/h4-6,9-10,17H,2-3,7-8,11H2,1H3. The molecule has 0 radical (unpaired) electrons. The van der Waals surface area contributed by atoms with Crippen molar-refractivity contribution in [3.05, 3.63) is 38.7 Å². The van der Waals surface area contributed by atoms with Crippen LogP contribution in [0.25, 0.3) is 0 Å². The zero-order valence-corrected chi connectivity index (χ0v) is 15.7. The quantitative estimate of drug-likeness (QED) is 0.774. The molecule has 0 spiro atoms. The molecule has 0 unspecified atom stereocenters. The molecule has 0 aliphatic heterocycles. The molecule has 1 aliphatic carbocycles. The molecule has 0 aromatic carbocycles. The van der Waals surface area contributed by atoms with E-state index in [1.807, 2.05) is 11.4 Å². The van der Waals surface area contributed by atoms with E-state index in [0.717, 1.165) is 37.0 Å². The molecule has 0 bridgehead atoms. The van der Waals surface area contributed by atoms with E-state index in [1.54, 1.807) is 16.7 Å². The van der Waals surface area contributed by atoms with Gasteiger partial charge < -0.3 is 4.74 Å². The number of nitrogens with one attached hydrogen (secondary N) is 1. The monoisotopic (exact) mass is 385 g/mol. The fraction of sp³-hybridized carbons (Fsp3) is 0.438. The molecular formula is C16H19NO4S3. The van der Waals surface area contributed by atoms with Crippen molar-refractivity contribution in [1.29, 1.82) is 0 Å². The summed E-state index contributed by atoms with van der Waals surface area (Å²) >= 11 is 2.74. The highest BCUT2D eigenvalue weighted by atomic mass is 32.2. The van der Waals surface area contributed by atoms with Crippen molar-refractivity contribution in [2.75, 3.05) is 13.7 Å². The van der Waals surface area contributed by atoms with Gasteiger partial charge in [-0.2, -0.15) is 0 Å². The first kappa shape index (κ1) is 17.6. The summed E-state index contributed by atoms with van der Waals surface area (Å²) in [5, 5.41) is 3.61. The predicted octanol–water partition coefficient (Wildman–Crippen LogP) is 3.39. The number of esters is 1. The van der Waals surface area contributed by atoms with Crippen molar-refractivity contribution in [2.24, 2.45) is 0 Å². The molecule has 2 heterocycles. The topological polar surface area (TPSA) is 72.5 Å². The van der Waals surface area contributed by atoms with Gasteiger partial charge in [-0.25, -0.2) is 17.9 Å². The second-order valence-electron chi connectivity index (χ2n) is 5.89. The average Bonchev–Trinajstić information content (AvgIpc) is 3.33. The van der Waals surface area contributed by atoms with Crippen molar-refractivity contribution in [3.8, 4) is 0 Å². The molecule has 0 amide bonds. The van der Waals surface area contributed by atoms with E-state index in [2.05, 4.69) is 15.5 Å². The summed E-state index contributed by atoms with van der Waals surface area (Å²) in [5.74, 6) is -0.626. The van der Waals surface area contributed by atoms with E-state index in [-0.39, 0.29) is 15.2 Å². The molecule has 2 aromatic heterocycles. The Morgan fingerprint density at radius 3 is 2.62 bits per heavy atom. The lowest BCUT2D eigenvalue weighted by Gasteiger charge is -2.28. The van der Waals surface area contributed by atoms with Crippen LogP contribution in [-0.2, 0) is 20.2 Å². The highest BCUT2D eigenvalue weighted by molar-refractivity contribution is 7.89. The van der Waals surface area contributed by atoms with E-state index < -0.39 is 16.0 Å². The third-order valence-corrected chi connectivity index (χ3v) is 8.08. The smallest absolute Gasteiger partial charge is 0.349 e. The number of sulfonamides is 1. The van der Waals surface area contributed by atoms with Gasteiger partial charge in [0.05, 0.1) is 7.11 Å². The van der Waals surface area contributed by atoms with Crippen LogP contribution in [0.3, 0.4) is 0 Å². The lowest BCUT2D eigenvalue weighted by atomic mass is 9.85. The Morgan fingerprint density at radius 2 is 2.00 bits per heavy atom. The van der Waals surface area contributed by atoms with Gasteiger partial charge in [-0.05, 0) is 35.7 Å². The lowest BCUT2D eigenvalue weighted by molar-refractivity contribution is 0.0602. The molecule has 130 valence electrons. The van der Waals surface area contributed by atoms with Gasteiger partial charge in [0.25, 0.3) is 0 Å². The van der Waals surface area contributed by atoms with Crippen LogP contribution >= 0.6 is 22.7 Å². The molecule has 1 aliphatic rings. The maximum absolute atomic E-state index is 12.7. The van der Waals surface area contributed by atoms with Crippen molar-refractivity contribution in [3.63, 3.8) is 0 Å².